The molecule has 0 saturated carbocycles. The average Bonchev–Trinajstić information content (AvgIpc) is 2.80. The zero-order chi connectivity index (χ0) is 25.2. The van der Waals surface area contributed by atoms with Crippen LogP contribution in [0.2, 0.25) is 5.02 Å². The number of H-pyrrole nitrogens is 1. The molecular weight excluding hydrogens is 499 g/mol. The largest absolute Gasteiger partial charge is 0.328 e. The molecule has 0 atom stereocenters. The van der Waals surface area contributed by atoms with E-state index in [1.807, 2.05) is 0 Å². The van der Waals surface area contributed by atoms with Crippen LogP contribution in [0.3, 0.4) is 0 Å². The Morgan fingerprint density at radius 1 is 1.00 bits per heavy atom. The summed E-state index contributed by atoms with van der Waals surface area (Å²) in [6.07, 6.45) is -0.0482. The predicted molar refractivity (Wildman–Crippen MR) is 131 cm³/mol. The van der Waals surface area contributed by atoms with Crippen molar-refractivity contribution in [1.82, 2.24) is 9.55 Å². The number of anilines is 2. The minimum Gasteiger partial charge on any atom is -0.326 e. The average molecular weight is 517 g/mol. The van der Waals surface area contributed by atoms with Gasteiger partial charge in [-0.3, -0.25) is 23.9 Å². The number of amides is 1. The molecule has 0 unspecified atom stereocenters. The lowest BCUT2D eigenvalue weighted by Crippen LogP contribution is -2.31. The lowest BCUT2D eigenvalue weighted by atomic mass is 10.2. The summed E-state index contributed by atoms with van der Waals surface area (Å²) < 4.78 is 41.9. The first-order chi connectivity index (χ1) is 16.6. The van der Waals surface area contributed by atoms with Gasteiger partial charge in [-0.1, -0.05) is 23.7 Å². The van der Waals surface area contributed by atoms with Gasteiger partial charge in [-0.05, 0) is 54.6 Å². The second kappa shape index (κ2) is 9.72. The lowest BCUT2D eigenvalue weighted by molar-refractivity contribution is -0.116. The highest BCUT2D eigenvalue weighted by Gasteiger charge is 2.18. The summed E-state index contributed by atoms with van der Waals surface area (Å²) >= 11 is 5.84. The standard InChI is InChI=1S/C23H18ClFN4O5S/c24-18-13-14(25)5-10-20(18)35(33,34)28-16-8-6-15(7-9-16)26-21(30)11-12-29-19-4-2-1-3-17(19)22(31)27-23(29)32/h1-10,13,28H,11-12H2,(H,26,30)(H,27,31,32). The van der Waals surface area contributed by atoms with Crippen molar-refractivity contribution in [3.05, 3.63) is 98.4 Å². The highest BCUT2D eigenvalue weighted by molar-refractivity contribution is 7.92. The van der Waals surface area contributed by atoms with Gasteiger partial charge in [0.05, 0.1) is 15.9 Å². The number of carbonyl (C=O) groups excluding carboxylic acids is 1. The molecule has 4 aromatic rings. The first-order valence-electron chi connectivity index (χ1n) is 10.2. The zero-order valence-corrected chi connectivity index (χ0v) is 19.5. The number of halogens is 2. The maximum atomic E-state index is 13.2. The number of sulfonamides is 1. The van der Waals surface area contributed by atoms with Crippen LogP contribution in [0.5, 0.6) is 0 Å². The highest BCUT2D eigenvalue weighted by Crippen LogP contribution is 2.25. The number of carbonyl (C=O) groups is 1. The fourth-order valence-corrected chi connectivity index (χ4v) is 5.02. The van der Waals surface area contributed by atoms with Crippen LogP contribution < -0.4 is 21.3 Å². The molecular formula is C23H18ClFN4O5S. The lowest BCUT2D eigenvalue weighted by Gasteiger charge is -2.11. The highest BCUT2D eigenvalue weighted by atomic mass is 35.5. The molecule has 1 aromatic heterocycles. The van der Waals surface area contributed by atoms with E-state index in [9.17, 15) is 27.2 Å². The number of benzene rings is 3. The Morgan fingerprint density at radius 2 is 1.69 bits per heavy atom. The third-order valence-electron chi connectivity index (χ3n) is 5.07. The van der Waals surface area contributed by atoms with Crippen molar-refractivity contribution in [3.8, 4) is 0 Å². The molecule has 180 valence electrons. The van der Waals surface area contributed by atoms with E-state index in [4.69, 9.17) is 11.6 Å². The van der Waals surface area contributed by atoms with Crippen molar-refractivity contribution in [2.75, 3.05) is 10.0 Å². The van der Waals surface area contributed by atoms with Crippen LogP contribution in [-0.4, -0.2) is 23.9 Å². The molecule has 1 heterocycles. The minimum atomic E-state index is -4.05. The Morgan fingerprint density at radius 3 is 2.40 bits per heavy atom. The quantitative estimate of drug-likeness (QED) is 0.347. The Balaban J connectivity index is 1.41. The number of aryl methyl sites for hydroxylation is 1. The van der Waals surface area contributed by atoms with Crippen molar-refractivity contribution in [3.63, 3.8) is 0 Å². The summed E-state index contributed by atoms with van der Waals surface area (Å²) in [7, 11) is -4.05. The summed E-state index contributed by atoms with van der Waals surface area (Å²) in [5.41, 5.74) is -0.0823. The smallest absolute Gasteiger partial charge is 0.326 e. The molecule has 0 aliphatic heterocycles. The summed E-state index contributed by atoms with van der Waals surface area (Å²) in [5, 5.41) is 2.75. The van der Waals surface area contributed by atoms with Crippen LogP contribution in [0.25, 0.3) is 10.9 Å². The molecule has 12 heteroatoms. The van der Waals surface area contributed by atoms with Gasteiger partial charge in [0, 0.05) is 24.3 Å². The van der Waals surface area contributed by atoms with Crippen molar-refractivity contribution < 1.29 is 17.6 Å². The van der Waals surface area contributed by atoms with Crippen molar-refractivity contribution >= 4 is 49.8 Å². The molecule has 35 heavy (non-hydrogen) atoms. The molecule has 9 nitrogen and oxygen atoms in total. The van der Waals surface area contributed by atoms with E-state index in [2.05, 4.69) is 15.0 Å². The predicted octanol–water partition coefficient (Wildman–Crippen LogP) is 3.31. The normalized spacial score (nSPS) is 11.4. The third-order valence-corrected chi connectivity index (χ3v) is 6.94. The monoisotopic (exact) mass is 516 g/mol. The van der Waals surface area contributed by atoms with Gasteiger partial charge in [0.15, 0.2) is 0 Å². The fraction of sp³-hybridized carbons (Fsp3) is 0.0870. The molecule has 0 bridgehead atoms. The van der Waals surface area contributed by atoms with Gasteiger partial charge in [0.1, 0.15) is 10.7 Å². The van der Waals surface area contributed by atoms with Gasteiger partial charge in [0.2, 0.25) is 5.91 Å². The summed E-state index contributed by atoms with van der Waals surface area (Å²) in [6, 6.07) is 15.4. The van der Waals surface area contributed by atoms with Crippen LogP contribution in [0, 0.1) is 5.82 Å². The first-order valence-corrected chi connectivity index (χ1v) is 12.1. The Hall–Kier alpha value is -3.96. The van der Waals surface area contributed by atoms with E-state index in [0.717, 1.165) is 18.2 Å². The number of para-hydroxylation sites is 1. The van der Waals surface area contributed by atoms with E-state index in [1.54, 1.807) is 24.3 Å². The van der Waals surface area contributed by atoms with Crippen LogP contribution in [0.4, 0.5) is 15.8 Å². The van der Waals surface area contributed by atoms with Crippen LogP contribution >= 0.6 is 11.6 Å². The fourth-order valence-electron chi connectivity index (χ4n) is 3.43. The van der Waals surface area contributed by atoms with E-state index in [1.165, 1.54) is 28.8 Å². The number of aromatic nitrogens is 2. The van der Waals surface area contributed by atoms with E-state index in [0.29, 0.717) is 16.6 Å². The SMILES string of the molecule is O=C(CCn1c(=O)[nH]c(=O)c2ccccc21)Nc1ccc(NS(=O)(=O)c2ccc(F)cc2Cl)cc1. The minimum absolute atomic E-state index is 0.0400. The number of nitrogens with zero attached hydrogens (tertiary/aromatic N) is 1. The van der Waals surface area contributed by atoms with Gasteiger partial charge >= 0.3 is 5.69 Å². The molecule has 0 aliphatic carbocycles. The van der Waals surface area contributed by atoms with Crippen molar-refractivity contribution in [2.24, 2.45) is 0 Å². The Kier molecular flexibility index (Phi) is 6.72. The summed E-state index contributed by atoms with van der Waals surface area (Å²) in [6.45, 7) is 0.0400. The first kappa shape index (κ1) is 24.2. The van der Waals surface area contributed by atoms with Crippen LogP contribution in [0.1, 0.15) is 6.42 Å². The van der Waals surface area contributed by atoms with E-state index in [-0.39, 0.29) is 28.6 Å². The molecule has 0 aliphatic rings. The van der Waals surface area contributed by atoms with Gasteiger partial charge in [-0.2, -0.15) is 0 Å². The molecule has 0 fully saturated rings. The van der Waals surface area contributed by atoms with Crippen molar-refractivity contribution in [2.45, 2.75) is 17.9 Å². The number of rotatable bonds is 7. The second-order valence-corrected chi connectivity index (χ2v) is 9.54. The molecule has 1 amide bonds. The van der Waals surface area contributed by atoms with Gasteiger partial charge < -0.3 is 5.32 Å². The molecule has 3 N–H and O–H groups in total. The van der Waals surface area contributed by atoms with Crippen molar-refractivity contribution in [1.29, 1.82) is 0 Å². The Labute approximate surface area is 203 Å². The number of hydrogen-bond acceptors (Lipinski definition) is 5. The Bertz CT molecular complexity index is 1650. The maximum Gasteiger partial charge on any atom is 0.328 e. The van der Waals surface area contributed by atoms with Gasteiger partial charge in [-0.15, -0.1) is 0 Å². The summed E-state index contributed by atoms with van der Waals surface area (Å²) in [4.78, 5) is 38.5. The maximum absolute atomic E-state index is 13.2. The zero-order valence-electron chi connectivity index (χ0n) is 17.9. The molecule has 0 saturated heterocycles. The second-order valence-electron chi connectivity index (χ2n) is 7.48. The number of hydrogen-bond donors (Lipinski definition) is 3. The van der Waals surface area contributed by atoms with Crippen LogP contribution in [0.15, 0.2) is 81.2 Å². The molecule has 3 aromatic carbocycles. The third kappa shape index (κ3) is 5.42. The molecule has 0 spiro atoms. The molecule has 0 radical (unpaired) electrons. The number of fused-ring (bicyclic) bond motifs is 1. The molecule has 4 rings (SSSR count). The van der Waals surface area contributed by atoms with Gasteiger partial charge in [-0.25, -0.2) is 17.6 Å². The van der Waals surface area contributed by atoms with E-state index < -0.39 is 33.0 Å². The number of nitrogens with one attached hydrogen (secondary N) is 3. The van der Waals surface area contributed by atoms with E-state index >= 15 is 0 Å². The summed E-state index contributed by atoms with van der Waals surface area (Å²) in [5.74, 6) is -1.05. The van der Waals surface area contributed by atoms with Gasteiger partial charge in [0.25, 0.3) is 15.6 Å². The van der Waals surface area contributed by atoms with Crippen LogP contribution in [-0.2, 0) is 21.4 Å². The topological polar surface area (TPSA) is 130 Å². The number of aromatic amines is 1.